The Labute approximate surface area is 139 Å². The smallest absolute Gasteiger partial charge is 0.282 e. The second kappa shape index (κ2) is 7.31. The zero-order chi connectivity index (χ0) is 16.3. The summed E-state index contributed by atoms with van der Waals surface area (Å²) >= 11 is 11.8. The molecule has 120 valence electrons. The van der Waals surface area contributed by atoms with E-state index in [9.17, 15) is 9.59 Å². The summed E-state index contributed by atoms with van der Waals surface area (Å²) in [4.78, 5) is 24.8. The van der Waals surface area contributed by atoms with Gasteiger partial charge in [-0.15, -0.1) is 0 Å². The van der Waals surface area contributed by atoms with Crippen LogP contribution in [-0.4, -0.2) is 37.5 Å². The van der Waals surface area contributed by atoms with Gasteiger partial charge in [-0.2, -0.15) is 0 Å². The van der Waals surface area contributed by atoms with Crippen LogP contribution in [0.4, 0.5) is 5.69 Å². The minimum atomic E-state index is -0.372. The first-order valence-corrected chi connectivity index (χ1v) is 7.99. The van der Waals surface area contributed by atoms with Crippen LogP contribution in [0.5, 0.6) is 0 Å². The molecule has 0 bridgehead atoms. The maximum Gasteiger partial charge on any atom is 0.282 e. The van der Waals surface area contributed by atoms with E-state index in [2.05, 4.69) is 10.6 Å². The van der Waals surface area contributed by atoms with E-state index in [1.807, 2.05) is 7.05 Å². The Hall–Kier alpha value is -1.30. The molecular formula is C15H20Cl2N3O2+. The fraction of sp³-hybridized carbons (Fsp3) is 0.467. The first kappa shape index (κ1) is 17.1. The van der Waals surface area contributed by atoms with E-state index in [0.29, 0.717) is 21.8 Å². The highest BCUT2D eigenvalue weighted by Crippen LogP contribution is 2.22. The van der Waals surface area contributed by atoms with E-state index in [4.69, 9.17) is 23.2 Å². The average molecular weight is 345 g/mol. The van der Waals surface area contributed by atoms with Crippen LogP contribution in [0.25, 0.3) is 0 Å². The van der Waals surface area contributed by atoms with Gasteiger partial charge >= 0.3 is 0 Å². The lowest BCUT2D eigenvalue weighted by atomic mass is 10.2. The number of carbonyl (C=O) groups excluding carboxylic acids is 2. The van der Waals surface area contributed by atoms with E-state index in [0.717, 1.165) is 17.7 Å². The molecule has 1 aromatic rings. The van der Waals surface area contributed by atoms with Gasteiger partial charge in [0.05, 0.1) is 7.05 Å². The number of benzene rings is 1. The maximum absolute atomic E-state index is 12.2. The molecule has 5 nitrogen and oxygen atoms in total. The molecule has 2 atom stereocenters. The number of nitrogens with one attached hydrogen (secondary N) is 3. The molecule has 0 spiro atoms. The van der Waals surface area contributed by atoms with Crippen LogP contribution in [0.1, 0.15) is 19.8 Å². The highest BCUT2D eigenvalue weighted by molar-refractivity contribution is 6.35. The molecule has 1 fully saturated rings. The number of hydrogen-bond donors (Lipinski definition) is 3. The molecule has 1 aliphatic rings. The van der Waals surface area contributed by atoms with Crippen molar-refractivity contribution < 1.29 is 14.5 Å². The molecule has 0 heterocycles. The van der Waals surface area contributed by atoms with Crippen molar-refractivity contribution in [2.24, 2.45) is 0 Å². The van der Waals surface area contributed by atoms with E-state index in [1.54, 1.807) is 25.1 Å². The number of carbonyl (C=O) groups is 2. The predicted molar refractivity (Wildman–Crippen MR) is 87.5 cm³/mol. The lowest BCUT2D eigenvalue weighted by Gasteiger charge is -2.20. The lowest BCUT2D eigenvalue weighted by Crippen LogP contribution is -3.15. The van der Waals surface area contributed by atoms with E-state index >= 15 is 0 Å². The minimum absolute atomic E-state index is 0.0227. The summed E-state index contributed by atoms with van der Waals surface area (Å²) in [5, 5.41) is 6.60. The number of likely N-dealkylation sites (N-methyl/N-ethyl adjacent to an activating group) is 1. The summed E-state index contributed by atoms with van der Waals surface area (Å²) in [5.74, 6) is -0.208. The van der Waals surface area contributed by atoms with Gasteiger partial charge in [-0.1, -0.05) is 23.2 Å². The van der Waals surface area contributed by atoms with Crippen molar-refractivity contribution in [3.8, 4) is 0 Å². The Kier molecular flexibility index (Phi) is 5.67. The zero-order valence-electron chi connectivity index (χ0n) is 12.6. The quantitative estimate of drug-likeness (QED) is 0.723. The molecule has 2 rings (SSSR count). The number of anilines is 1. The van der Waals surface area contributed by atoms with Crippen LogP contribution in [0.15, 0.2) is 18.2 Å². The van der Waals surface area contributed by atoms with Gasteiger partial charge in [0.1, 0.15) is 0 Å². The topological polar surface area (TPSA) is 62.6 Å². The number of quaternary nitrogens is 1. The van der Waals surface area contributed by atoms with Crippen LogP contribution in [0, 0.1) is 0 Å². The Morgan fingerprint density at radius 3 is 2.41 bits per heavy atom. The molecule has 1 saturated carbocycles. The van der Waals surface area contributed by atoms with Gasteiger partial charge < -0.3 is 15.5 Å². The molecule has 3 N–H and O–H groups in total. The predicted octanol–water partition coefficient (Wildman–Crippen LogP) is 1.11. The third kappa shape index (κ3) is 5.16. The lowest BCUT2D eigenvalue weighted by molar-refractivity contribution is -0.885. The second-order valence-electron chi connectivity index (χ2n) is 5.73. The maximum atomic E-state index is 12.2. The molecule has 2 amide bonds. The first-order valence-electron chi connectivity index (χ1n) is 7.24. The SMILES string of the molecule is C[C@H](C(=O)Nc1cc(Cl)cc(Cl)c1)[NH+](C)CC(=O)NC1CC1. The fourth-order valence-electron chi connectivity index (χ4n) is 2.01. The van der Waals surface area contributed by atoms with E-state index in [1.165, 1.54) is 0 Å². The third-order valence-corrected chi connectivity index (χ3v) is 4.08. The summed E-state index contributed by atoms with van der Waals surface area (Å²) in [6, 6.07) is 4.82. The van der Waals surface area contributed by atoms with Crippen LogP contribution < -0.4 is 15.5 Å². The Morgan fingerprint density at radius 2 is 1.86 bits per heavy atom. The molecule has 1 aromatic carbocycles. The Morgan fingerprint density at radius 1 is 1.27 bits per heavy atom. The van der Waals surface area contributed by atoms with Crippen LogP contribution in [0.3, 0.4) is 0 Å². The van der Waals surface area contributed by atoms with Crippen molar-refractivity contribution in [3.63, 3.8) is 0 Å². The second-order valence-corrected chi connectivity index (χ2v) is 6.61. The number of halogens is 2. The fourth-order valence-corrected chi connectivity index (χ4v) is 2.54. The molecular weight excluding hydrogens is 325 g/mol. The van der Waals surface area contributed by atoms with Crippen LogP contribution in [-0.2, 0) is 9.59 Å². The van der Waals surface area contributed by atoms with Gasteiger partial charge in [0, 0.05) is 21.8 Å². The van der Waals surface area contributed by atoms with Crippen molar-refractivity contribution >= 4 is 40.7 Å². The zero-order valence-corrected chi connectivity index (χ0v) is 14.1. The van der Waals surface area contributed by atoms with Crippen molar-refractivity contribution in [1.29, 1.82) is 0 Å². The summed E-state index contributed by atoms with van der Waals surface area (Å²) in [5.41, 5.74) is 0.546. The largest absolute Gasteiger partial charge is 0.348 e. The third-order valence-electron chi connectivity index (χ3n) is 3.64. The summed E-state index contributed by atoms with van der Waals surface area (Å²) < 4.78 is 0. The molecule has 0 aromatic heterocycles. The monoisotopic (exact) mass is 344 g/mol. The van der Waals surface area contributed by atoms with Crippen molar-refractivity contribution in [3.05, 3.63) is 28.2 Å². The molecule has 1 aliphatic carbocycles. The van der Waals surface area contributed by atoms with Crippen molar-refractivity contribution in [2.45, 2.75) is 31.8 Å². The number of amides is 2. The summed E-state index contributed by atoms with van der Waals surface area (Å²) in [6.45, 7) is 2.04. The average Bonchev–Trinajstić information content (AvgIpc) is 3.20. The van der Waals surface area contributed by atoms with E-state index < -0.39 is 0 Å². The van der Waals surface area contributed by atoms with Gasteiger partial charge in [0.25, 0.3) is 11.8 Å². The molecule has 7 heteroatoms. The molecule has 22 heavy (non-hydrogen) atoms. The van der Waals surface area contributed by atoms with Crippen molar-refractivity contribution in [1.82, 2.24) is 5.32 Å². The van der Waals surface area contributed by atoms with Gasteiger partial charge in [-0.05, 0) is 38.0 Å². The van der Waals surface area contributed by atoms with E-state index in [-0.39, 0.29) is 24.4 Å². The van der Waals surface area contributed by atoms with Gasteiger partial charge in [0.2, 0.25) is 0 Å². The van der Waals surface area contributed by atoms with Crippen LogP contribution in [0.2, 0.25) is 10.0 Å². The Balaban J connectivity index is 1.88. The van der Waals surface area contributed by atoms with Gasteiger partial charge in [-0.25, -0.2) is 0 Å². The van der Waals surface area contributed by atoms with Crippen molar-refractivity contribution in [2.75, 3.05) is 18.9 Å². The molecule has 0 saturated heterocycles. The molecule has 1 unspecified atom stereocenters. The highest BCUT2D eigenvalue weighted by atomic mass is 35.5. The highest BCUT2D eigenvalue weighted by Gasteiger charge is 2.27. The number of hydrogen-bond acceptors (Lipinski definition) is 2. The number of rotatable bonds is 6. The summed E-state index contributed by atoms with van der Waals surface area (Å²) in [7, 11) is 1.82. The van der Waals surface area contributed by atoms with Crippen LogP contribution >= 0.6 is 23.2 Å². The first-order chi connectivity index (χ1) is 10.3. The minimum Gasteiger partial charge on any atom is -0.348 e. The summed E-state index contributed by atoms with van der Waals surface area (Å²) in [6.07, 6.45) is 2.10. The van der Waals surface area contributed by atoms with Gasteiger partial charge in [0.15, 0.2) is 12.6 Å². The normalized spacial score (nSPS) is 16.7. The molecule has 0 radical (unpaired) electrons. The Bertz CT molecular complexity index is 556. The standard InChI is InChI=1S/C15H19Cl2N3O2/c1-9(20(2)8-14(21)18-12-3-4-12)15(22)19-13-6-10(16)5-11(17)7-13/h5-7,9,12H,3-4,8H2,1-2H3,(H,18,21)(H,19,22)/p+1/t9-/m1/s1. The molecule has 0 aliphatic heterocycles. The van der Waals surface area contributed by atoms with Gasteiger partial charge in [-0.3, -0.25) is 9.59 Å².